The van der Waals surface area contributed by atoms with Crippen molar-refractivity contribution >= 4 is 23.5 Å². The van der Waals surface area contributed by atoms with E-state index in [2.05, 4.69) is 0 Å². The van der Waals surface area contributed by atoms with Gasteiger partial charge in [0.1, 0.15) is 0 Å². The van der Waals surface area contributed by atoms with Crippen molar-refractivity contribution in [1.29, 1.82) is 0 Å². The van der Waals surface area contributed by atoms with Crippen LogP contribution in [0.25, 0.3) is 0 Å². The molecule has 0 spiro atoms. The number of benzene rings is 2. The van der Waals surface area contributed by atoms with Crippen molar-refractivity contribution in [3.05, 3.63) is 84.8 Å². The second-order valence-corrected chi connectivity index (χ2v) is 7.80. The zero-order valence-corrected chi connectivity index (χ0v) is 12.8. The van der Waals surface area contributed by atoms with Gasteiger partial charge >= 0.3 is 0 Å². The zero-order chi connectivity index (χ0) is 15.4. The van der Waals surface area contributed by atoms with Gasteiger partial charge in [0, 0.05) is 10.6 Å². The van der Waals surface area contributed by atoms with Crippen LogP contribution < -0.4 is 10.6 Å². The third kappa shape index (κ3) is 2.81. The van der Waals surface area contributed by atoms with Crippen LogP contribution in [-0.4, -0.2) is 11.9 Å². The van der Waals surface area contributed by atoms with E-state index in [0.29, 0.717) is 10.6 Å². The van der Waals surface area contributed by atoms with E-state index in [-0.39, 0.29) is 17.7 Å². The number of rotatable bonds is 5. The third-order valence-corrected chi connectivity index (χ3v) is 6.51. The molecule has 0 saturated carbocycles. The maximum absolute atomic E-state index is 13.7. The van der Waals surface area contributed by atoms with Gasteiger partial charge in [0.2, 0.25) is 5.78 Å². The molecule has 1 heterocycles. The Kier molecular flexibility index (Phi) is 4.08. The van der Waals surface area contributed by atoms with Gasteiger partial charge in [-0.2, -0.15) is 0 Å². The van der Waals surface area contributed by atoms with Gasteiger partial charge in [-0.3, -0.25) is 4.79 Å². The van der Waals surface area contributed by atoms with Crippen LogP contribution in [0.3, 0.4) is 0 Å². The van der Waals surface area contributed by atoms with E-state index in [1.807, 2.05) is 60.7 Å². The molecule has 22 heavy (non-hydrogen) atoms. The molecule has 3 nitrogen and oxygen atoms in total. The molecular formula is C18H15O3P. The molecule has 0 amide bonds. The van der Waals surface area contributed by atoms with Gasteiger partial charge < -0.3 is 8.98 Å². The summed E-state index contributed by atoms with van der Waals surface area (Å²) in [7, 11) is -3.03. The van der Waals surface area contributed by atoms with Gasteiger partial charge in [-0.05, 0) is 12.1 Å². The summed E-state index contributed by atoms with van der Waals surface area (Å²) in [5, 5.41) is 1.36. The predicted molar refractivity (Wildman–Crippen MR) is 87.7 cm³/mol. The highest BCUT2D eigenvalue weighted by molar-refractivity contribution is 7.79. The van der Waals surface area contributed by atoms with Crippen LogP contribution in [0.4, 0.5) is 0 Å². The Morgan fingerprint density at radius 2 is 1.36 bits per heavy atom. The summed E-state index contributed by atoms with van der Waals surface area (Å²) >= 11 is 0. The highest BCUT2D eigenvalue weighted by Gasteiger charge is 2.31. The summed E-state index contributed by atoms with van der Waals surface area (Å²) in [4.78, 5) is 12.4. The van der Waals surface area contributed by atoms with E-state index in [4.69, 9.17) is 4.42 Å². The quantitative estimate of drug-likeness (QED) is 0.535. The summed E-state index contributed by atoms with van der Waals surface area (Å²) in [6.45, 7) is 0. The number of hydrogen-bond donors (Lipinski definition) is 0. The smallest absolute Gasteiger partial charge is 0.205 e. The minimum atomic E-state index is -3.03. The van der Waals surface area contributed by atoms with Gasteiger partial charge in [0.25, 0.3) is 0 Å². The monoisotopic (exact) mass is 310 g/mol. The SMILES string of the molecule is O=C(CP(=O)(c1ccccc1)c1ccccc1)c1ccco1. The Bertz CT molecular complexity index is 749. The van der Waals surface area contributed by atoms with Crippen LogP contribution in [0, 0.1) is 0 Å². The summed E-state index contributed by atoms with van der Waals surface area (Å²) < 4.78 is 18.8. The molecule has 110 valence electrons. The van der Waals surface area contributed by atoms with Gasteiger partial charge in [-0.25, -0.2) is 0 Å². The fourth-order valence-electron chi connectivity index (χ4n) is 2.39. The summed E-state index contributed by atoms with van der Waals surface area (Å²) in [5.74, 6) is -0.00636. The minimum Gasteiger partial charge on any atom is -0.461 e. The van der Waals surface area contributed by atoms with Crippen LogP contribution in [0.15, 0.2) is 83.5 Å². The van der Waals surface area contributed by atoms with Crippen molar-refractivity contribution in [2.24, 2.45) is 0 Å². The molecule has 0 unspecified atom stereocenters. The average Bonchev–Trinajstić information content (AvgIpc) is 3.11. The molecule has 0 aliphatic rings. The van der Waals surface area contributed by atoms with Crippen molar-refractivity contribution in [2.45, 2.75) is 0 Å². The van der Waals surface area contributed by atoms with Crippen LogP contribution in [-0.2, 0) is 4.57 Å². The number of furan rings is 1. The lowest BCUT2D eigenvalue weighted by atomic mass is 10.3. The maximum Gasteiger partial charge on any atom is 0.205 e. The number of Topliss-reactive ketones (excluding diaryl/α,β-unsaturated/α-hetero) is 1. The Morgan fingerprint density at radius 1 is 0.818 bits per heavy atom. The molecule has 4 heteroatoms. The summed E-state index contributed by atoms with van der Waals surface area (Å²) in [6.07, 6.45) is 1.37. The lowest BCUT2D eigenvalue weighted by Gasteiger charge is -2.18. The molecule has 2 aromatic carbocycles. The fourth-order valence-corrected chi connectivity index (χ4v) is 4.92. The number of hydrogen-bond acceptors (Lipinski definition) is 3. The molecule has 1 aromatic heterocycles. The van der Waals surface area contributed by atoms with Crippen LogP contribution >= 0.6 is 7.14 Å². The second-order valence-electron chi connectivity index (χ2n) is 4.97. The van der Waals surface area contributed by atoms with Crippen molar-refractivity contribution < 1.29 is 13.8 Å². The van der Waals surface area contributed by atoms with Crippen LogP contribution in [0.1, 0.15) is 10.6 Å². The topological polar surface area (TPSA) is 47.3 Å². The van der Waals surface area contributed by atoms with Crippen molar-refractivity contribution in [2.75, 3.05) is 6.16 Å². The van der Waals surface area contributed by atoms with Crippen LogP contribution in [0.5, 0.6) is 0 Å². The van der Waals surface area contributed by atoms with E-state index in [1.54, 1.807) is 12.1 Å². The normalized spacial score (nSPS) is 11.3. The summed E-state index contributed by atoms with van der Waals surface area (Å²) in [5.41, 5.74) is 0. The Balaban J connectivity index is 2.05. The molecule has 3 aromatic rings. The number of carbonyl (C=O) groups is 1. The Morgan fingerprint density at radius 3 is 1.82 bits per heavy atom. The molecule has 0 saturated heterocycles. The Labute approximate surface area is 129 Å². The molecule has 0 fully saturated rings. The predicted octanol–water partition coefficient (Wildman–Crippen LogP) is 3.48. The van der Waals surface area contributed by atoms with Crippen molar-refractivity contribution in [1.82, 2.24) is 0 Å². The zero-order valence-electron chi connectivity index (χ0n) is 11.9. The lowest BCUT2D eigenvalue weighted by molar-refractivity contribution is 0.0990. The second kappa shape index (κ2) is 6.17. The third-order valence-electron chi connectivity index (χ3n) is 3.51. The van der Waals surface area contributed by atoms with Gasteiger partial charge in [-0.15, -0.1) is 0 Å². The van der Waals surface area contributed by atoms with Crippen molar-refractivity contribution in [3.8, 4) is 0 Å². The fraction of sp³-hybridized carbons (Fsp3) is 0.0556. The molecule has 3 rings (SSSR count). The van der Waals surface area contributed by atoms with Crippen LogP contribution in [0.2, 0.25) is 0 Å². The largest absolute Gasteiger partial charge is 0.461 e. The first-order valence-electron chi connectivity index (χ1n) is 6.97. The molecule has 0 aliphatic carbocycles. The number of carbonyl (C=O) groups excluding carboxylic acids is 1. The molecule has 0 bridgehead atoms. The highest BCUT2D eigenvalue weighted by Crippen LogP contribution is 2.43. The molecule has 0 N–H and O–H groups in total. The Hall–Kier alpha value is -2.38. The first-order chi connectivity index (χ1) is 10.7. The van der Waals surface area contributed by atoms with E-state index < -0.39 is 7.14 Å². The maximum atomic E-state index is 13.7. The number of ketones is 1. The van der Waals surface area contributed by atoms with Gasteiger partial charge in [0.05, 0.1) is 12.4 Å². The summed E-state index contributed by atoms with van der Waals surface area (Å²) in [6, 6.07) is 21.6. The first-order valence-corrected chi connectivity index (χ1v) is 8.86. The van der Waals surface area contributed by atoms with E-state index in [0.717, 1.165) is 0 Å². The molecule has 0 atom stereocenters. The molecule has 0 aliphatic heterocycles. The average molecular weight is 310 g/mol. The van der Waals surface area contributed by atoms with E-state index in [9.17, 15) is 9.36 Å². The molecule has 0 radical (unpaired) electrons. The van der Waals surface area contributed by atoms with Gasteiger partial charge in [-0.1, -0.05) is 60.7 Å². The van der Waals surface area contributed by atoms with Gasteiger partial charge in [0.15, 0.2) is 12.9 Å². The van der Waals surface area contributed by atoms with E-state index >= 15 is 0 Å². The van der Waals surface area contributed by atoms with E-state index in [1.165, 1.54) is 6.26 Å². The standard InChI is InChI=1S/C18H15O3P/c19-17(18-12-7-13-21-18)14-22(20,15-8-3-1-4-9-15)16-10-5-2-6-11-16/h1-13H,14H2. The molecular weight excluding hydrogens is 295 g/mol. The van der Waals surface area contributed by atoms with Crippen molar-refractivity contribution in [3.63, 3.8) is 0 Å². The first kappa shape index (κ1) is 14.6. The lowest BCUT2D eigenvalue weighted by Crippen LogP contribution is -2.22. The highest BCUT2D eigenvalue weighted by atomic mass is 31.2. The minimum absolute atomic E-state index is 0.0749.